The fraction of sp³-hybridized carbons (Fsp3) is 0.167. The van der Waals surface area contributed by atoms with Gasteiger partial charge in [-0.15, -0.1) is 0 Å². The molecular weight excluding hydrogens is 264 g/mol. The maximum absolute atomic E-state index is 11.9. The first-order valence-corrected chi connectivity index (χ1v) is 6.76. The third kappa shape index (κ3) is 4.89. The Balaban J connectivity index is 1.78. The van der Waals surface area contributed by atoms with E-state index in [1.807, 2.05) is 42.5 Å². The summed E-state index contributed by atoms with van der Waals surface area (Å²) < 4.78 is 10.5. The van der Waals surface area contributed by atoms with Gasteiger partial charge < -0.3 is 9.47 Å². The number of rotatable bonds is 7. The topological polar surface area (TPSA) is 35.5 Å². The number of carbonyl (C=O) groups is 1. The number of Topliss-reactive ketones (excluding diaryl/α,β-unsaturated/α-hetero) is 1. The summed E-state index contributed by atoms with van der Waals surface area (Å²) in [4.78, 5) is 11.9. The molecule has 3 heteroatoms. The van der Waals surface area contributed by atoms with Crippen molar-refractivity contribution in [2.24, 2.45) is 0 Å². The largest absolute Gasteiger partial charge is 0.497 e. The van der Waals surface area contributed by atoms with Crippen LogP contribution in [0.3, 0.4) is 0 Å². The highest BCUT2D eigenvalue weighted by molar-refractivity contribution is 5.97. The molecule has 0 radical (unpaired) electrons. The molecule has 2 aromatic carbocycles. The fourth-order valence-electron chi connectivity index (χ4n) is 1.85. The van der Waals surface area contributed by atoms with Crippen molar-refractivity contribution in [2.75, 3.05) is 20.3 Å². The third-order valence-corrected chi connectivity index (χ3v) is 2.95. The molecule has 0 atom stereocenters. The van der Waals surface area contributed by atoms with Crippen molar-refractivity contribution in [3.8, 4) is 5.75 Å². The van der Waals surface area contributed by atoms with Crippen molar-refractivity contribution in [3.05, 3.63) is 71.8 Å². The van der Waals surface area contributed by atoms with Crippen molar-refractivity contribution < 1.29 is 14.3 Å². The second-order valence-corrected chi connectivity index (χ2v) is 4.48. The number of benzene rings is 2. The van der Waals surface area contributed by atoms with E-state index in [1.54, 1.807) is 31.4 Å². The van der Waals surface area contributed by atoms with Gasteiger partial charge in [-0.1, -0.05) is 54.6 Å². The average Bonchev–Trinajstić information content (AvgIpc) is 2.55. The van der Waals surface area contributed by atoms with Crippen molar-refractivity contribution in [1.29, 1.82) is 0 Å². The zero-order valence-corrected chi connectivity index (χ0v) is 12.0. The van der Waals surface area contributed by atoms with Crippen LogP contribution in [0.1, 0.15) is 15.9 Å². The summed E-state index contributed by atoms with van der Waals surface area (Å²) in [5, 5.41) is 0. The van der Waals surface area contributed by atoms with Gasteiger partial charge in [-0.05, 0) is 17.7 Å². The molecule has 3 nitrogen and oxygen atoms in total. The van der Waals surface area contributed by atoms with Crippen molar-refractivity contribution in [1.82, 2.24) is 0 Å². The maximum atomic E-state index is 11.9. The second kappa shape index (κ2) is 8.02. The van der Waals surface area contributed by atoms with Crippen molar-refractivity contribution >= 4 is 11.9 Å². The molecule has 0 aromatic heterocycles. The number of ether oxygens (including phenoxy) is 2. The van der Waals surface area contributed by atoms with Gasteiger partial charge in [0.2, 0.25) is 0 Å². The molecule has 0 spiro atoms. The first kappa shape index (κ1) is 15.0. The number of carbonyl (C=O) groups excluding carboxylic acids is 1. The zero-order chi connectivity index (χ0) is 14.9. The predicted octanol–water partition coefficient (Wildman–Crippen LogP) is 3.61. The van der Waals surface area contributed by atoms with E-state index in [9.17, 15) is 4.79 Å². The molecule has 0 amide bonds. The Labute approximate surface area is 124 Å². The number of methoxy groups -OCH3 is 1. The minimum Gasteiger partial charge on any atom is -0.497 e. The molecular formula is C18H18O3. The average molecular weight is 282 g/mol. The number of ketones is 1. The van der Waals surface area contributed by atoms with Gasteiger partial charge in [-0.25, -0.2) is 0 Å². The van der Waals surface area contributed by atoms with Gasteiger partial charge in [-0.2, -0.15) is 0 Å². The Kier molecular flexibility index (Phi) is 5.73. The van der Waals surface area contributed by atoms with E-state index in [-0.39, 0.29) is 12.4 Å². The zero-order valence-electron chi connectivity index (χ0n) is 12.0. The van der Waals surface area contributed by atoms with Crippen LogP contribution in [0.15, 0.2) is 60.7 Å². The number of hydrogen-bond acceptors (Lipinski definition) is 3. The molecule has 0 aliphatic rings. The second-order valence-electron chi connectivity index (χ2n) is 4.48. The molecule has 0 N–H and O–H groups in total. The molecule has 0 heterocycles. The van der Waals surface area contributed by atoms with Crippen LogP contribution in [0.25, 0.3) is 6.08 Å². The van der Waals surface area contributed by atoms with E-state index in [0.29, 0.717) is 17.9 Å². The summed E-state index contributed by atoms with van der Waals surface area (Å²) >= 11 is 0. The van der Waals surface area contributed by atoms with Gasteiger partial charge in [0, 0.05) is 5.56 Å². The Hall–Kier alpha value is -2.39. The normalized spacial score (nSPS) is 10.7. The standard InChI is InChI=1S/C18H18O3/c1-20-17-11-5-10-16(13-17)18(19)14-21-12-6-9-15-7-3-2-4-8-15/h2-11,13H,12,14H2,1H3. The van der Waals surface area contributed by atoms with Gasteiger partial charge >= 0.3 is 0 Å². The van der Waals surface area contributed by atoms with Crippen LogP contribution in [0.5, 0.6) is 5.75 Å². The van der Waals surface area contributed by atoms with Crippen LogP contribution in [0.2, 0.25) is 0 Å². The molecule has 2 rings (SSSR count). The molecule has 21 heavy (non-hydrogen) atoms. The van der Waals surface area contributed by atoms with Crippen LogP contribution in [-0.2, 0) is 4.74 Å². The summed E-state index contributed by atoms with van der Waals surface area (Å²) in [6, 6.07) is 17.0. The molecule has 0 aliphatic carbocycles. The molecule has 0 unspecified atom stereocenters. The quantitative estimate of drug-likeness (QED) is 0.575. The minimum atomic E-state index is -0.0537. The highest BCUT2D eigenvalue weighted by Gasteiger charge is 2.06. The summed E-state index contributed by atoms with van der Waals surface area (Å²) in [6.07, 6.45) is 3.87. The summed E-state index contributed by atoms with van der Waals surface area (Å²) in [7, 11) is 1.58. The Morgan fingerprint density at radius 2 is 1.90 bits per heavy atom. The summed E-state index contributed by atoms with van der Waals surface area (Å²) in [5.41, 5.74) is 1.71. The summed E-state index contributed by atoms with van der Waals surface area (Å²) in [5.74, 6) is 0.617. The van der Waals surface area contributed by atoms with E-state index >= 15 is 0 Å². The first-order chi connectivity index (χ1) is 10.3. The van der Waals surface area contributed by atoms with Crippen LogP contribution in [0, 0.1) is 0 Å². The Bertz CT molecular complexity index is 603. The highest BCUT2D eigenvalue weighted by Crippen LogP contribution is 2.13. The Morgan fingerprint density at radius 3 is 2.67 bits per heavy atom. The van der Waals surface area contributed by atoms with Crippen LogP contribution in [0.4, 0.5) is 0 Å². The van der Waals surface area contributed by atoms with Gasteiger partial charge in [0.05, 0.1) is 13.7 Å². The summed E-state index contributed by atoms with van der Waals surface area (Å²) in [6.45, 7) is 0.469. The minimum absolute atomic E-state index is 0.0537. The van der Waals surface area contributed by atoms with E-state index in [2.05, 4.69) is 0 Å². The van der Waals surface area contributed by atoms with E-state index in [1.165, 1.54) is 0 Å². The predicted molar refractivity (Wildman–Crippen MR) is 83.6 cm³/mol. The first-order valence-electron chi connectivity index (χ1n) is 6.76. The van der Waals surface area contributed by atoms with Crippen molar-refractivity contribution in [3.63, 3.8) is 0 Å². The van der Waals surface area contributed by atoms with Gasteiger partial charge in [-0.3, -0.25) is 4.79 Å². The van der Waals surface area contributed by atoms with E-state index < -0.39 is 0 Å². The van der Waals surface area contributed by atoms with E-state index in [0.717, 1.165) is 5.56 Å². The molecule has 0 saturated carbocycles. The van der Waals surface area contributed by atoms with Crippen LogP contribution in [-0.4, -0.2) is 26.1 Å². The highest BCUT2D eigenvalue weighted by atomic mass is 16.5. The molecule has 108 valence electrons. The lowest BCUT2D eigenvalue weighted by Crippen LogP contribution is -2.09. The van der Waals surface area contributed by atoms with Gasteiger partial charge in [0.1, 0.15) is 12.4 Å². The smallest absolute Gasteiger partial charge is 0.188 e. The maximum Gasteiger partial charge on any atom is 0.188 e. The lowest BCUT2D eigenvalue weighted by atomic mass is 10.1. The molecule has 2 aromatic rings. The monoisotopic (exact) mass is 282 g/mol. The van der Waals surface area contributed by atoms with Crippen LogP contribution >= 0.6 is 0 Å². The molecule has 0 aliphatic heterocycles. The molecule has 0 fully saturated rings. The Morgan fingerprint density at radius 1 is 1.10 bits per heavy atom. The lowest BCUT2D eigenvalue weighted by Gasteiger charge is -2.04. The van der Waals surface area contributed by atoms with E-state index in [4.69, 9.17) is 9.47 Å². The lowest BCUT2D eigenvalue weighted by molar-refractivity contribution is 0.0806. The molecule has 0 bridgehead atoms. The SMILES string of the molecule is COc1cccc(C(=O)COCC=Cc2ccccc2)c1. The van der Waals surface area contributed by atoms with Crippen molar-refractivity contribution in [2.45, 2.75) is 0 Å². The molecule has 0 saturated heterocycles. The van der Waals surface area contributed by atoms with Gasteiger partial charge in [0.25, 0.3) is 0 Å². The van der Waals surface area contributed by atoms with Gasteiger partial charge in [0.15, 0.2) is 5.78 Å². The number of hydrogen-bond donors (Lipinski definition) is 0. The van der Waals surface area contributed by atoms with Crippen LogP contribution < -0.4 is 4.74 Å². The third-order valence-electron chi connectivity index (χ3n) is 2.95. The fourth-order valence-corrected chi connectivity index (χ4v) is 1.85.